The summed E-state index contributed by atoms with van der Waals surface area (Å²) in [6.45, 7) is 13.3. The molecule has 0 aliphatic heterocycles. The summed E-state index contributed by atoms with van der Waals surface area (Å²) in [5.74, 6) is 1.62. The molecule has 0 radical (unpaired) electrons. The van der Waals surface area contributed by atoms with Gasteiger partial charge in [-0.3, -0.25) is 0 Å². The molecule has 0 atom stereocenters. The molecule has 1 fully saturated rings. The van der Waals surface area contributed by atoms with E-state index in [1.165, 1.54) is 32.1 Å². The lowest BCUT2D eigenvalue weighted by Crippen LogP contribution is -2.47. The summed E-state index contributed by atoms with van der Waals surface area (Å²) in [5.41, 5.74) is 0.117. The van der Waals surface area contributed by atoms with Crippen LogP contribution in [0.5, 0.6) is 0 Å². The Balaban J connectivity index is 2.45. The predicted octanol–water partition coefficient (Wildman–Crippen LogP) is 4.00. The van der Waals surface area contributed by atoms with Crippen LogP contribution in [0.3, 0.4) is 0 Å². The van der Waals surface area contributed by atoms with E-state index in [1.54, 1.807) is 0 Å². The Kier molecular flexibility index (Phi) is 6.65. The van der Waals surface area contributed by atoms with E-state index >= 15 is 0 Å². The van der Waals surface area contributed by atoms with Gasteiger partial charge >= 0.3 is 0 Å². The molecule has 1 aliphatic carbocycles. The fourth-order valence-corrected chi connectivity index (χ4v) is 2.56. The Morgan fingerprint density at radius 2 is 1.78 bits per heavy atom. The zero-order valence-corrected chi connectivity index (χ0v) is 13.1. The van der Waals surface area contributed by atoms with Crippen LogP contribution in [0, 0.1) is 11.8 Å². The van der Waals surface area contributed by atoms with Crippen molar-refractivity contribution in [3.63, 3.8) is 0 Å². The first kappa shape index (κ1) is 16.0. The number of nitrogens with one attached hydrogen (secondary N) is 1. The van der Waals surface area contributed by atoms with E-state index in [0.29, 0.717) is 6.04 Å². The predicted molar refractivity (Wildman–Crippen MR) is 78.9 cm³/mol. The molecule has 0 aromatic heterocycles. The van der Waals surface area contributed by atoms with E-state index in [2.05, 4.69) is 39.9 Å². The average Bonchev–Trinajstić information content (AvgIpc) is 2.30. The molecule has 0 aromatic carbocycles. The van der Waals surface area contributed by atoms with Crippen LogP contribution in [0.15, 0.2) is 0 Å². The highest BCUT2D eigenvalue weighted by atomic mass is 16.5. The molecule has 0 unspecified atom stereocenters. The van der Waals surface area contributed by atoms with Gasteiger partial charge in [0.1, 0.15) is 0 Å². The maximum Gasteiger partial charge on any atom is 0.0806 e. The van der Waals surface area contributed by atoms with Gasteiger partial charge in [-0.05, 0) is 43.9 Å². The fraction of sp³-hybridized carbons (Fsp3) is 1.00. The number of ether oxygens (including phenoxy) is 1. The highest BCUT2D eigenvalue weighted by Gasteiger charge is 2.34. The van der Waals surface area contributed by atoms with Gasteiger partial charge in [-0.15, -0.1) is 0 Å². The van der Waals surface area contributed by atoms with Crippen LogP contribution in [-0.4, -0.2) is 24.8 Å². The summed E-state index contributed by atoms with van der Waals surface area (Å²) in [6, 6.07) is 0.551. The Morgan fingerprint density at radius 1 is 1.17 bits per heavy atom. The Hall–Kier alpha value is -0.0800. The van der Waals surface area contributed by atoms with Crippen LogP contribution >= 0.6 is 0 Å². The molecule has 1 saturated carbocycles. The van der Waals surface area contributed by atoms with Crippen molar-refractivity contribution >= 4 is 0 Å². The molecule has 108 valence electrons. The number of hydrogen-bond acceptors (Lipinski definition) is 2. The van der Waals surface area contributed by atoms with Crippen LogP contribution in [0.4, 0.5) is 0 Å². The molecular formula is C16H33NO. The van der Waals surface area contributed by atoms with Gasteiger partial charge in [0.25, 0.3) is 0 Å². The van der Waals surface area contributed by atoms with Crippen molar-refractivity contribution in [1.29, 1.82) is 0 Å². The van der Waals surface area contributed by atoms with Crippen molar-refractivity contribution in [1.82, 2.24) is 5.32 Å². The lowest BCUT2D eigenvalue weighted by molar-refractivity contribution is -0.0790. The van der Waals surface area contributed by atoms with Gasteiger partial charge in [0.15, 0.2) is 0 Å². The molecule has 0 aromatic rings. The highest BCUT2D eigenvalue weighted by Crippen LogP contribution is 2.34. The molecule has 1 N–H and O–H groups in total. The van der Waals surface area contributed by atoms with Gasteiger partial charge in [-0.2, -0.15) is 0 Å². The smallest absolute Gasteiger partial charge is 0.0806 e. The molecule has 2 nitrogen and oxygen atoms in total. The average molecular weight is 255 g/mol. The minimum Gasteiger partial charge on any atom is -0.374 e. The van der Waals surface area contributed by atoms with E-state index < -0.39 is 0 Å². The van der Waals surface area contributed by atoms with Gasteiger partial charge in [0, 0.05) is 19.2 Å². The van der Waals surface area contributed by atoms with E-state index in [0.717, 1.165) is 25.0 Å². The summed E-state index contributed by atoms with van der Waals surface area (Å²) in [6.07, 6.45) is 6.28. The van der Waals surface area contributed by atoms with Gasteiger partial charge in [0.05, 0.1) is 5.60 Å². The standard InChI is InChI=1S/C16H33NO/c1-13(2)8-11-18-16(12-17-14(3)4)9-6-15(5)7-10-16/h13-15,17H,6-12H2,1-5H3. The quantitative estimate of drug-likeness (QED) is 0.742. The lowest BCUT2D eigenvalue weighted by atomic mass is 9.79. The summed E-state index contributed by atoms with van der Waals surface area (Å²) in [5, 5.41) is 3.58. The summed E-state index contributed by atoms with van der Waals surface area (Å²) >= 11 is 0. The molecule has 1 aliphatic rings. The molecule has 2 heteroatoms. The maximum absolute atomic E-state index is 6.32. The van der Waals surface area contributed by atoms with E-state index in [9.17, 15) is 0 Å². The third kappa shape index (κ3) is 5.71. The fourth-order valence-electron chi connectivity index (χ4n) is 2.56. The Labute approximate surface area is 114 Å². The van der Waals surface area contributed by atoms with E-state index in [4.69, 9.17) is 4.74 Å². The van der Waals surface area contributed by atoms with Gasteiger partial charge in [0.2, 0.25) is 0 Å². The number of hydrogen-bond donors (Lipinski definition) is 1. The largest absolute Gasteiger partial charge is 0.374 e. The second-order valence-corrected chi connectivity index (χ2v) is 6.93. The first-order valence-electron chi connectivity index (χ1n) is 7.81. The van der Waals surface area contributed by atoms with Crippen molar-refractivity contribution < 1.29 is 4.74 Å². The maximum atomic E-state index is 6.32. The molecule has 1 rings (SSSR count). The van der Waals surface area contributed by atoms with Crippen LogP contribution in [0.25, 0.3) is 0 Å². The first-order chi connectivity index (χ1) is 8.43. The van der Waals surface area contributed by atoms with Gasteiger partial charge < -0.3 is 10.1 Å². The SMILES string of the molecule is CC(C)CCOC1(CNC(C)C)CCC(C)CC1. The zero-order chi connectivity index (χ0) is 13.6. The summed E-state index contributed by atoms with van der Waals surface area (Å²) < 4.78 is 6.32. The van der Waals surface area contributed by atoms with Gasteiger partial charge in [-0.1, -0.05) is 34.6 Å². The van der Waals surface area contributed by atoms with Crippen molar-refractivity contribution in [2.24, 2.45) is 11.8 Å². The zero-order valence-electron chi connectivity index (χ0n) is 13.1. The van der Waals surface area contributed by atoms with Crippen molar-refractivity contribution in [3.8, 4) is 0 Å². The number of rotatable bonds is 7. The van der Waals surface area contributed by atoms with Crippen molar-refractivity contribution in [2.45, 2.75) is 78.4 Å². The summed E-state index contributed by atoms with van der Waals surface area (Å²) in [7, 11) is 0. The molecule has 0 heterocycles. The van der Waals surface area contributed by atoms with Crippen LogP contribution < -0.4 is 5.32 Å². The molecular weight excluding hydrogens is 222 g/mol. The molecule has 18 heavy (non-hydrogen) atoms. The molecule has 0 amide bonds. The van der Waals surface area contributed by atoms with Crippen molar-refractivity contribution in [2.75, 3.05) is 13.2 Å². The highest BCUT2D eigenvalue weighted by molar-refractivity contribution is 4.89. The second kappa shape index (κ2) is 7.49. The molecule has 0 saturated heterocycles. The lowest BCUT2D eigenvalue weighted by Gasteiger charge is -2.40. The normalized spacial score (nSPS) is 29.2. The summed E-state index contributed by atoms with van der Waals surface area (Å²) in [4.78, 5) is 0. The Bertz CT molecular complexity index is 217. The second-order valence-electron chi connectivity index (χ2n) is 6.93. The molecule has 0 spiro atoms. The van der Waals surface area contributed by atoms with Gasteiger partial charge in [-0.25, -0.2) is 0 Å². The van der Waals surface area contributed by atoms with E-state index in [1.807, 2.05) is 0 Å². The minimum absolute atomic E-state index is 0.117. The topological polar surface area (TPSA) is 21.3 Å². The first-order valence-corrected chi connectivity index (χ1v) is 7.81. The third-order valence-corrected chi connectivity index (χ3v) is 4.12. The molecule has 0 bridgehead atoms. The minimum atomic E-state index is 0.117. The van der Waals surface area contributed by atoms with Crippen LogP contribution in [0.2, 0.25) is 0 Å². The Morgan fingerprint density at radius 3 is 2.28 bits per heavy atom. The van der Waals surface area contributed by atoms with E-state index in [-0.39, 0.29) is 5.60 Å². The van der Waals surface area contributed by atoms with Crippen LogP contribution in [-0.2, 0) is 4.74 Å². The monoisotopic (exact) mass is 255 g/mol. The third-order valence-electron chi connectivity index (χ3n) is 4.12. The van der Waals surface area contributed by atoms with Crippen LogP contribution in [0.1, 0.15) is 66.7 Å². The van der Waals surface area contributed by atoms with Crippen molar-refractivity contribution in [3.05, 3.63) is 0 Å².